The lowest BCUT2D eigenvalue weighted by Gasteiger charge is -2.01. The van der Waals surface area contributed by atoms with Crippen molar-refractivity contribution in [1.29, 1.82) is 0 Å². The average molecular weight is 176 g/mol. The minimum atomic E-state index is 0.0548. The largest absolute Gasteiger partial charge is 0.504 e. The number of aldehydes is 1. The van der Waals surface area contributed by atoms with E-state index in [2.05, 4.69) is 11.8 Å². The van der Waals surface area contributed by atoms with Crippen LogP contribution in [-0.2, 0) is 4.79 Å². The highest BCUT2D eigenvalue weighted by Gasteiger charge is 1.99. The normalized spacial score (nSPS) is 8.38. The smallest absolute Gasteiger partial charge is 0.193 e. The topological polar surface area (TPSA) is 46.5 Å². The van der Waals surface area contributed by atoms with Gasteiger partial charge in [0.15, 0.2) is 17.8 Å². The number of benzene rings is 1. The molecular formula is C10H8O3. The lowest BCUT2D eigenvalue weighted by atomic mass is 10.2. The summed E-state index contributed by atoms with van der Waals surface area (Å²) < 4.78 is 4.86. The molecule has 0 aromatic heterocycles. The highest BCUT2D eigenvalue weighted by molar-refractivity contribution is 5.74. The van der Waals surface area contributed by atoms with Gasteiger partial charge in [0, 0.05) is 5.56 Å². The van der Waals surface area contributed by atoms with E-state index in [0.29, 0.717) is 17.6 Å². The number of ether oxygens (including phenoxy) is 1. The van der Waals surface area contributed by atoms with Gasteiger partial charge in [-0.05, 0) is 24.1 Å². The molecule has 13 heavy (non-hydrogen) atoms. The van der Waals surface area contributed by atoms with Crippen LogP contribution in [0.1, 0.15) is 5.56 Å². The Balaban J connectivity index is 3.06. The molecule has 3 nitrogen and oxygen atoms in total. The van der Waals surface area contributed by atoms with Crippen molar-refractivity contribution in [2.45, 2.75) is 0 Å². The standard InChI is InChI=1S/C10H8O3/c1-13-10-7-8(3-2-6-11)4-5-9(10)12/h4-7,12H,1H3. The Labute approximate surface area is 76.0 Å². The summed E-state index contributed by atoms with van der Waals surface area (Å²) in [4.78, 5) is 9.95. The van der Waals surface area contributed by atoms with Crippen LogP contribution >= 0.6 is 0 Å². The monoisotopic (exact) mass is 176 g/mol. The van der Waals surface area contributed by atoms with Crippen molar-refractivity contribution >= 4 is 6.29 Å². The third-order valence-corrected chi connectivity index (χ3v) is 1.46. The maximum absolute atomic E-state index is 9.95. The maximum Gasteiger partial charge on any atom is 0.193 e. The fourth-order valence-electron chi connectivity index (χ4n) is 0.868. The second-order valence-electron chi connectivity index (χ2n) is 2.27. The van der Waals surface area contributed by atoms with E-state index >= 15 is 0 Å². The molecule has 0 unspecified atom stereocenters. The molecule has 0 saturated heterocycles. The summed E-state index contributed by atoms with van der Waals surface area (Å²) in [6.07, 6.45) is 0.513. The second-order valence-corrected chi connectivity index (χ2v) is 2.27. The van der Waals surface area contributed by atoms with Crippen LogP contribution in [0, 0.1) is 11.8 Å². The predicted molar refractivity (Wildman–Crippen MR) is 47.6 cm³/mol. The van der Waals surface area contributed by atoms with Crippen molar-refractivity contribution in [2.24, 2.45) is 0 Å². The van der Waals surface area contributed by atoms with Gasteiger partial charge in [-0.15, -0.1) is 0 Å². The average Bonchev–Trinajstić information content (AvgIpc) is 2.16. The molecule has 1 aromatic rings. The van der Waals surface area contributed by atoms with E-state index in [1.807, 2.05) is 0 Å². The van der Waals surface area contributed by atoms with Crippen LogP contribution in [0.2, 0.25) is 0 Å². The molecule has 1 N–H and O–H groups in total. The van der Waals surface area contributed by atoms with Gasteiger partial charge in [-0.25, -0.2) is 0 Å². The molecular weight excluding hydrogens is 168 g/mol. The van der Waals surface area contributed by atoms with Gasteiger partial charge in [0.05, 0.1) is 7.11 Å². The first-order valence-corrected chi connectivity index (χ1v) is 3.60. The number of aromatic hydroxyl groups is 1. The Hall–Kier alpha value is -1.95. The molecule has 1 aromatic carbocycles. The summed E-state index contributed by atoms with van der Waals surface area (Å²) >= 11 is 0. The molecule has 0 fully saturated rings. The number of carbonyl (C=O) groups excluding carboxylic acids is 1. The van der Waals surface area contributed by atoms with Crippen LogP contribution in [0.5, 0.6) is 11.5 Å². The van der Waals surface area contributed by atoms with E-state index in [9.17, 15) is 9.90 Å². The number of methoxy groups -OCH3 is 1. The van der Waals surface area contributed by atoms with Gasteiger partial charge in [0.2, 0.25) is 0 Å². The minimum absolute atomic E-state index is 0.0548. The third kappa shape index (κ3) is 2.24. The molecule has 0 heterocycles. The Kier molecular flexibility index (Phi) is 2.93. The van der Waals surface area contributed by atoms with Gasteiger partial charge < -0.3 is 9.84 Å². The van der Waals surface area contributed by atoms with Gasteiger partial charge in [0.1, 0.15) is 0 Å². The van der Waals surface area contributed by atoms with Gasteiger partial charge >= 0.3 is 0 Å². The highest BCUT2D eigenvalue weighted by Crippen LogP contribution is 2.25. The van der Waals surface area contributed by atoms with Crippen LogP contribution in [0.3, 0.4) is 0 Å². The van der Waals surface area contributed by atoms with E-state index in [1.165, 1.54) is 13.2 Å². The summed E-state index contributed by atoms with van der Waals surface area (Å²) in [7, 11) is 1.45. The molecule has 0 amide bonds. The van der Waals surface area contributed by atoms with Crippen molar-refractivity contribution in [3.8, 4) is 23.3 Å². The molecule has 0 aliphatic rings. The Bertz CT molecular complexity index is 371. The number of phenolic OH excluding ortho intramolecular Hbond substituents is 1. The first-order chi connectivity index (χ1) is 6.27. The SMILES string of the molecule is COc1cc(C#CC=O)ccc1O. The van der Waals surface area contributed by atoms with Gasteiger partial charge in [-0.2, -0.15) is 0 Å². The van der Waals surface area contributed by atoms with E-state index in [1.54, 1.807) is 12.1 Å². The summed E-state index contributed by atoms with van der Waals surface area (Å²) in [5.41, 5.74) is 0.627. The van der Waals surface area contributed by atoms with E-state index in [0.717, 1.165) is 0 Å². The molecule has 0 saturated carbocycles. The Morgan fingerprint density at radius 3 is 2.92 bits per heavy atom. The summed E-state index contributed by atoms with van der Waals surface area (Å²) in [5, 5.41) is 9.22. The fraction of sp³-hybridized carbons (Fsp3) is 0.100. The molecule has 0 atom stereocenters. The molecule has 1 rings (SSSR count). The van der Waals surface area contributed by atoms with Crippen molar-refractivity contribution in [3.05, 3.63) is 23.8 Å². The Morgan fingerprint density at radius 1 is 1.54 bits per heavy atom. The number of hydrogen-bond donors (Lipinski definition) is 1. The van der Waals surface area contributed by atoms with Gasteiger partial charge in [0.25, 0.3) is 0 Å². The summed E-state index contributed by atoms with van der Waals surface area (Å²) in [6, 6.07) is 4.63. The highest BCUT2D eigenvalue weighted by atomic mass is 16.5. The zero-order valence-electron chi connectivity index (χ0n) is 7.07. The Morgan fingerprint density at radius 2 is 2.31 bits per heavy atom. The van der Waals surface area contributed by atoms with Crippen molar-refractivity contribution in [1.82, 2.24) is 0 Å². The molecule has 0 radical (unpaired) electrons. The number of phenols is 1. The van der Waals surface area contributed by atoms with E-state index in [4.69, 9.17) is 4.74 Å². The van der Waals surface area contributed by atoms with Gasteiger partial charge in [-0.3, -0.25) is 4.79 Å². The molecule has 66 valence electrons. The van der Waals surface area contributed by atoms with E-state index in [-0.39, 0.29) is 5.75 Å². The van der Waals surface area contributed by atoms with Crippen LogP contribution in [0.4, 0.5) is 0 Å². The van der Waals surface area contributed by atoms with Gasteiger partial charge in [-0.1, -0.05) is 5.92 Å². The molecule has 0 bridgehead atoms. The number of hydrogen-bond acceptors (Lipinski definition) is 3. The first kappa shape index (κ1) is 9.14. The van der Waals surface area contributed by atoms with Crippen molar-refractivity contribution < 1.29 is 14.6 Å². The lowest BCUT2D eigenvalue weighted by Crippen LogP contribution is -1.84. The number of carbonyl (C=O) groups is 1. The predicted octanol–water partition coefficient (Wildman–Crippen LogP) is 0.951. The second kappa shape index (κ2) is 4.17. The summed E-state index contributed by atoms with van der Waals surface area (Å²) in [6.45, 7) is 0. The summed E-state index contributed by atoms with van der Waals surface area (Å²) in [5.74, 6) is 5.25. The van der Waals surface area contributed by atoms with E-state index < -0.39 is 0 Å². The zero-order chi connectivity index (χ0) is 9.68. The third-order valence-electron chi connectivity index (χ3n) is 1.46. The van der Waals surface area contributed by atoms with Crippen molar-refractivity contribution in [3.63, 3.8) is 0 Å². The molecule has 0 aliphatic carbocycles. The minimum Gasteiger partial charge on any atom is -0.504 e. The number of rotatable bonds is 1. The quantitative estimate of drug-likeness (QED) is 0.512. The van der Waals surface area contributed by atoms with Crippen LogP contribution < -0.4 is 4.74 Å². The maximum atomic E-state index is 9.95. The molecule has 0 aliphatic heterocycles. The molecule has 3 heteroatoms. The lowest BCUT2D eigenvalue weighted by molar-refractivity contribution is -0.103. The van der Waals surface area contributed by atoms with Crippen LogP contribution in [0.25, 0.3) is 0 Å². The molecule has 0 spiro atoms. The van der Waals surface area contributed by atoms with Crippen LogP contribution in [-0.4, -0.2) is 18.5 Å². The van der Waals surface area contributed by atoms with Crippen molar-refractivity contribution in [2.75, 3.05) is 7.11 Å². The van der Waals surface area contributed by atoms with Crippen LogP contribution in [0.15, 0.2) is 18.2 Å². The fourth-order valence-corrected chi connectivity index (χ4v) is 0.868. The zero-order valence-corrected chi connectivity index (χ0v) is 7.07. The first-order valence-electron chi connectivity index (χ1n) is 3.60.